The lowest BCUT2D eigenvalue weighted by Gasteiger charge is -2.17. The standard InChI is InChI=1S/C14H25ClO/c15-14(12-16)11-13-9-7-5-3-1-2-4-6-8-10-13/h12-14H,1-11H2. The Morgan fingerprint density at radius 1 is 0.938 bits per heavy atom. The van der Waals surface area contributed by atoms with Gasteiger partial charge in [-0.3, -0.25) is 0 Å². The van der Waals surface area contributed by atoms with Crippen molar-refractivity contribution in [2.24, 2.45) is 5.92 Å². The summed E-state index contributed by atoms with van der Waals surface area (Å²) in [4.78, 5) is 10.6. The van der Waals surface area contributed by atoms with Gasteiger partial charge in [0.1, 0.15) is 6.29 Å². The molecular weight excluding hydrogens is 220 g/mol. The topological polar surface area (TPSA) is 17.1 Å². The van der Waals surface area contributed by atoms with Gasteiger partial charge in [-0.25, -0.2) is 0 Å². The third kappa shape index (κ3) is 6.52. The fourth-order valence-electron chi connectivity index (χ4n) is 2.68. The third-order valence-corrected chi connectivity index (χ3v) is 3.96. The monoisotopic (exact) mass is 244 g/mol. The number of carbonyl (C=O) groups is 1. The maximum absolute atomic E-state index is 10.6. The van der Waals surface area contributed by atoms with Gasteiger partial charge in [0.2, 0.25) is 0 Å². The number of halogens is 1. The van der Waals surface area contributed by atoms with Crippen LogP contribution in [0.25, 0.3) is 0 Å². The van der Waals surface area contributed by atoms with Crippen molar-refractivity contribution < 1.29 is 4.79 Å². The SMILES string of the molecule is O=CC(Cl)CC1CCCCCCCCCC1. The quantitative estimate of drug-likeness (QED) is 0.519. The Kier molecular flexibility index (Phi) is 7.92. The zero-order valence-corrected chi connectivity index (χ0v) is 11.1. The van der Waals surface area contributed by atoms with Gasteiger partial charge in [0.15, 0.2) is 0 Å². The summed E-state index contributed by atoms with van der Waals surface area (Å²) in [6.07, 6.45) is 15.3. The second-order valence-electron chi connectivity index (χ2n) is 5.16. The Bertz CT molecular complexity index is 170. The van der Waals surface area contributed by atoms with Crippen molar-refractivity contribution in [3.63, 3.8) is 0 Å². The zero-order valence-electron chi connectivity index (χ0n) is 10.3. The van der Waals surface area contributed by atoms with Crippen LogP contribution in [0.5, 0.6) is 0 Å². The minimum atomic E-state index is -0.255. The van der Waals surface area contributed by atoms with Crippen LogP contribution in [0.1, 0.15) is 70.6 Å². The number of alkyl halides is 1. The molecule has 0 aromatic rings. The van der Waals surface area contributed by atoms with Crippen LogP contribution < -0.4 is 0 Å². The minimum absolute atomic E-state index is 0.255. The van der Waals surface area contributed by atoms with Crippen LogP contribution in [0.4, 0.5) is 0 Å². The lowest BCUT2D eigenvalue weighted by Crippen LogP contribution is -2.10. The van der Waals surface area contributed by atoms with E-state index in [2.05, 4.69) is 0 Å². The Morgan fingerprint density at radius 2 is 1.38 bits per heavy atom. The van der Waals surface area contributed by atoms with E-state index in [0.29, 0.717) is 5.92 Å². The summed E-state index contributed by atoms with van der Waals surface area (Å²) in [5.74, 6) is 0.686. The first kappa shape index (κ1) is 14.0. The maximum Gasteiger partial charge on any atom is 0.137 e. The van der Waals surface area contributed by atoms with Crippen LogP contribution in [0.15, 0.2) is 0 Å². The van der Waals surface area contributed by atoms with Crippen molar-refractivity contribution in [3.05, 3.63) is 0 Å². The molecule has 0 N–H and O–H groups in total. The Hall–Kier alpha value is -0.0400. The van der Waals surface area contributed by atoms with E-state index in [1.165, 1.54) is 64.2 Å². The molecule has 16 heavy (non-hydrogen) atoms. The van der Waals surface area contributed by atoms with Gasteiger partial charge in [0, 0.05) is 0 Å². The average Bonchev–Trinajstić information content (AvgIpc) is 2.35. The number of hydrogen-bond donors (Lipinski definition) is 0. The summed E-state index contributed by atoms with van der Waals surface area (Å²) in [6, 6.07) is 0. The van der Waals surface area contributed by atoms with Crippen LogP contribution in [0, 0.1) is 5.92 Å². The van der Waals surface area contributed by atoms with Gasteiger partial charge >= 0.3 is 0 Å². The molecule has 0 saturated heterocycles. The van der Waals surface area contributed by atoms with Gasteiger partial charge in [-0.2, -0.15) is 0 Å². The summed E-state index contributed by atoms with van der Waals surface area (Å²) in [6.45, 7) is 0. The lowest BCUT2D eigenvalue weighted by atomic mass is 9.91. The van der Waals surface area contributed by atoms with E-state index in [1.807, 2.05) is 0 Å². The van der Waals surface area contributed by atoms with Crippen molar-refractivity contribution in [3.8, 4) is 0 Å². The molecule has 1 fully saturated rings. The highest BCUT2D eigenvalue weighted by Gasteiger charge is 2.14. The molecule has 1 aliphatic carbocycles. The molecule has 94 valence electrons. The fourth-order valence-corrected chi connectivity index (χ4v) is 2.93. The number of rotatable bonds is 3. The fraction of sp³-hybridized carbons (Fsp3) is 0.929. The Balaban J connectivity index is 2.30. The molecule has 0 spiro atoms. The van der Waals surface area contributed by atoms with Gasteiger partial charge < -0.3 is 4.79 Å². The molecule has 0 aromatic heterocycles. The highest BCUT2D eigenvalue weighted by molar-refractivity contribution is 6.27. The van der Waals surface area contributed by atoms with E-state index in [0.717, 1.165) is 12.7 Å². The molecule has 0 aliphatic heterocycles. The molecular formula is C14H25ClO. The van der Waals surface area contributed by atoms with Crippen LogP contribution >= 0.6 is 11.6 Å². The van der Waals surface area contributed by atoms with Gasteiger partial charge in [-0.05, 0) is 12.3 Å². The highest BCUT2D eigenvalue weighted by atomic mass is 35.5. The molecule has 1 atom stereocenters. The summed E-state index contributed by atoms with van der Waals surface area (Å²) >= 11 is 5.93. The molecule has 0 amide bonds. The molecule has 1 saturated carbocycles. The van der Waals surface area contributed by atoms with Crippen LogP contribution in [-0.4, -0.2) is 11.7 Å². The first-order chi connectivity index (χ1) is 7.83. The predicted molar refractivity (Wildman–Crippen MR) is 70.0 cm³/mol. The van der Waals surface area contributed by atoms with E-state index >= 15 is 0 Å². The summed E-state index contributed by atoms with van der Waals surface area (Å²) in [5.41, 5.74) is 0. The van der Waals surface area contributed by atoms with Crippen molar-refractivity contribution >= 4 is 17.9 Å². The second-order valence-corrected chi connectivity index (χ2v) is 5.72. The van der Waals surface area contributed by atoms with E-state index in [4.69, 9.17) is 11.6 Å². The lowest BCUT2D eigenvalue weighted by molar-refractivity contribution is -0.107. The second kappa shape index (κ2) is 9.04. The molecule has 1 nitrogen and oxygen atoms in total. The summed E-state index contributed by atoms with van der Waals surface area (Å²) in [7, 11) is 0. The Labute approximate surface area is 105 Å². The summed E-state index contributed by atoms with van der Waals surface area (Å²) < 4.78 is 0. The van der Waals surface area contributed by atoms with E-state index in [1.54, 1.807) is 0 Å². The van der Waals surface area contributed by atoms with E-state index < -0.39 is 0 Å². The van der Waals surface area contributed by atoms with E-state index in [9.17, 15) is 4.79 Å². The molecule has 0 radical (unpaired) electrons. The normalized spacial score (nSPS) is 23.3. The van der Waals surface area contributed by atoms with Crippen LogP contribution in [-0.2, 0) is 4.79 Å². The molecule has 0 aromatic carbocycles. The van der Waals surface area contributed by atoms with Gasteiger partial charge in [0.25, 0.3) is 0 Å². The van der Waals surface area contributed by atoms with Crippen molar-refractivity contribution in [1.82, 2.24) is 0 Å². The largest absolute Gasteiger partial charge is 0.302 e. The molecule has 1 aliphatic rings. The third-order valence-electron chi connectivity index (χ3n) is 3.68. The minimum Gasteiger partial charge on any atom is -0.302 e. The zero-order chi connectivity index (χ0) is 11.6. The number of carbonyl (C=O) groups excluding carboxylic acids is 1. The smallest absolute Gasteiger partial charge is 0.137 e. The first-order valence-electron chi connectivity index (χ1n) is 6.92. The predicted octanol–water partition coefficient (Wildman–Crippen LogP) is 4.71. The molecule has 0 heterocycles. The van der Waals surface area contributed by atoms with Crippen LogP contribution in [0.2, 0.25) is 0 Å². The van der Waals surface area contributed by atoms with E-state index in [-0.39, 0.29) is 5.38 Å². The Morgan fingerprint density at radius 3 is 1.81 bits per heavy atom. The molecule has 1 rings (SSSR count). The van der Waals surface area contributed by atoms with Crippen molar-refractivity contribution in [1.29, 1.82) is 0 Å². The highest BCUT2D eigenvalue weighted by Crippen LogP contribution is 2.25. The van der Waals surface area contributed by atoms with Crippen molar-refractivity contribution in [2.45, 2.75) is 76.0 Å². The van der Waals surface area contributed by atoms with Gasteiger partial charge in [0.05, 0.1) is 5.38 Å². The summed E-state index contributed by atoms with van der Waals surface area (Å²) in [5, 5.41) is -0.255. The number of hydrogen-bond acceptors (Lipinski definition) is 1. The molecule has 1 unspecified atom stereocenters. The average molecular weight is 245 g/mol. The van der Waals surface area contributed by atoms with Crippen LogP contribution in [0.3, 0.4) is 0 Å². The molecule has 2 heteroatoms. The number of aldehydes is 1. The maximum atomic E-state index is 10.6. The van der Waals surface area contributed by atoms with Gasteiger partial charge in [-0.1, -0.05) is 64.2 Å². The van der Waals surface area contributed by atoms with Gasteiger partial charge in [-0.15, -0.1) is 11.6 Å². The molecule has 0 bridgehead atoms. The van der Waals surface area contributed by atoms with Crippen molar-refractivity contribution in [2.75, 3.05) is 0 Å². The first-order valence-corrected chi connectivity index (χ1v) is 7.36.